The number of hydrogen-bond acceptors (Lipinski definition) is 1. The quantitative estimate of drug-likeness (QED) is 0.677. The molecule has 0 saturated carbocycles. The summed E-state index contributed by atoms with van der Waals surface area (Å²) in [6.45, 7) is 4.31. The van der Waals surface area contributed by atoms with Crippen molar-refractivity contribution >= 4 is 16.6 Å². The fourth-order valence-corrected chi connectivity index (χ4v) is 2.82. The summed E-state index contributed by atoms with van der Waals surface area (Å²) >= 11 is 0. The van der Waals surface area contributed by atoms with Crippen molar-refractivity contribution < 1.29 is 4.79 Å². The van der Waals surface area contributed by atoms with Crippen LogP contribution in [-0.4, -0.2) is 5.78 Å². The Kier molecular flexibility index (Phi) is 5.34. The van der Waals surface area contributed by atoms with Crippen LogP contribution in [0.3, 0.4) is 0 Å². The van der Waals surface area contributed by atoms with E-state index in [0.717, 1.165) is 25.7 Å². The second-order valence-corrected chi connectivity index (χ2v) is 5.53. The van der Waals surface area contributed by atoms with Crippen LogP contribution in [0.15, 0.2) is 42.5 Å². The third kappa shape index (κ3) is 3.47. The molecular formula is C19H24O. The third-order valence-electron chi connectivity index (χ3n) is 4.10. The van der Waals surface area contributed by atoms with E-state index in [9.17, 15) is 4.79 Å². The largest absolute Gasteiger partial charge is 0.299 e. The molecule has 20 heavy (non-hydrogen) atoms. The summed E-state index contributed by atoms with van der Waals surface area (Å²) in [7, 11) is 0. The highest BCUT2D eigenvalue weighted by Gasteiger charge is 2.16. The van der Waals surface area contributed by atoms with Gasteiger partial charge >= 0.3 is 0 Å². The van der Waals surface area contributed by atoms with Crippen LogP contribution in [0.25, 0.3) is 10.8 Å². The molecule has 1 nitrogen and oxygen atoms in total. The van der Waals surface area contributed by atoms with Crippen molar-refractivity contribution in [1.29, 1.82) is 0 Å². The van der Waals surface area contributed by atoms with Crippen molar-refractivity contribution in [2.24, 2.45) is 5.92 Å². The minimum absolute atomic E-state index is 0.230. The molecule has 0 bridgehead atoms. The van der Waals surface area contributed by atoms with E-state index in [0.29, 0.717) is 12.2 Å². The molecule has 106 valence electrons. The first kappa shape index (κ1) is 14.8. The number of carbonyl (C=O) groups is 1. The number of unbranched alkanes of at least 4 members (excludes halogenated alkanes) is 1. The SMILES string of the molecule is CCCCC(CC)C(=O)Cc1cccc2ccccc12. The van der Waals surface area contributed by atoms with Crippen LogP contribution >= 0.6 is 0 Å². The van der Waals surface area contributed by atoms with Gasteiger partial charge in [0, 0.05) is 12.3 Å². The van der Waals surface area contributed by atoms with Crippen LogP contribution in [0, 0.1) is 5.92 Å². The van der Waals surface area contributed by atoms with Gasteiger partial charge in [-0.15, -0.1) is 0 Å². The van der Waals surface area contributed by atoms with Crippen LogP contribution in [0.5, 0.6) is 0 Å². The fourth-order valence-electron chi connectivity index (χ4n) is 2.82. The second kappa shape index (κ2) is 7.23. The van der Waals surface area contributed by atoms with E-state index in [1.54, 1.807) is 0 Å². The van der Waals surface area contributed by atoms with E-state index in [4.69, 9.17) is 0 Å². The molecule has 1 heteroatoms. The fraction of sp³-hybridized carbons (Fsp3) is 0.421. The summed E-state index contributed by atoms with van der Waals surface area (Å²) < 4.78 is 0. The van der Waals surface area contributed by atoms with Crippen molar-refractivity contribution in [2.45, 2.75) is 46.0 Å². The van der Waals surface area contributed by atoms with Gasteiger partial charge < -0.3 is 0 Å². The average molecular weight is 268 g/mol. The van der Waals surface area contributed by atoms with E-state index in [1.807, 2.05) is 12.1 Å². The molecule has 0 spiro atoms. The molecule has 1 unspecified atom stereocenters. The zero-order valence-corrected chi connectivity index (χ0v) is 12.6. The molecule has 2 aromatic rings. The number of hydrogen-bond donors (Lipinski definition) is 0. The third-order valence-corrected chi connectivity index (χ3v) is 4.10. The van der Waals surface area contributed by atoms with Gasteiger partial charge in [0.2, 0.25) is 0 Å². The zero-order chi connectivity index (χ0) is 14.4. The first-order chi connectivity index (χ1) is 9.76. The molecule has 0 aliphatic rings. The van der Waals surface area contributed by atoms with Gasteiger partial charge in [-0.3, -0.25) is 4.79 Å². The summed E-state index contributed by atoms with van der Waals surface area (Å²) in [5.41, 5.74) is 1.17. The maximum Gasteiger partial charge on any atom is 0.140 e. The lowest BCUT2D eigenvalue weighted by Gasteiger charge is -2.14. The predicted molar refractivity (Wildman–Crippen MR) is 86.0 cm³/mol. The van der Waals surface area contributed by atoms with E-state index in [2.05, 4.69) is 44.2 Å². The van der Waals surface area contributed by atoms with Gasteiger partial charge in [-0.2, -0.15) is 0 Å². The molecule has 2 aromatic carbocycles. The van der Waals surface area contributed by atoms with Crippen LogP contribution in [0.4, 0.5) is 0 Å². The van der Waals surface area contributed by atoms with Crippen molar-refractivity contribution in [3.8, 4) is 0 Å². The minimum atomic E-state index is 0.230. The summed E-state index contributed by atoms with van der Waals surface area (Å²) in [5.74, 6) is 0.631. The number of carbonyl (C=O) groups excluding carboxylic acids is 1. The van der Waals surface area contributed by atoms with Gasteiger partial charge in [0.15, 0.2) is 0 Å². The van der Waals surface area contributed by atoms with Crippen LogP contribution in [0.1, 0.15) is 45.1 Å². The average Bonchev–Trinajstić information content (AvgIpc) is 2.48. The molecule has 0 aliphatic heterocycles. The molecule has 0 aliphatic carbocycles. The standard InChI is InChI=1S/C19H24O/c1-3-5-9-15(4-2)19(20)14-17-12-8-11-16-10-6-7-13-18(16)17/h6-8,10-13,15H,3-5,9,14H2,1-2H3. The first-order valence-electron chi connectivity index (χ1n) is 7.75. The number of rotatable bonds is 7. The molecule has 0 fully saturated rings. The molecule has 2 rings (SSSR count). The van der Waals surface area contributed by atoms with Gasteiger partial charge in [0.25, 0.3) is 0 Å². The van der Waals surface area contributed by atoms with Gasteiger partial charge in [-0.05, 0) is 29.2 Å². The summed E-state index contributed by atoms with van der Waals surface area (Å²) in [4.78, 5) is 12.5. The lowest BCUT2D eigenvalue weighted by Crippen LogP contribution is -2.16. The molecule has 0 amide bonds. The van der Waals surface area contributed by atoms with Gasteiger partial charge in [0.1, 0.15) is 5.78 Å². The lowest BCUT2D eigenvalue weighted by molar-refractivity contribution is -0.122. The Morgan fingerprint density at radius 2 is 1.80 bits per heavy atom. The first-order valence-corrected chi connectivity index (χ1v) is 7.75. The zero-order valence-electron chi connectivity index (χ0n) is 12.6. The molecular weight excluding hydrogens is 244 g/mol. The van der Waals surface area contributed by atoms with Crippen molar-refractivity contribution in [3.05, 3.63) is 48.0 Å². The maximum atomic E-state index is 12.5. The Morgan fingerprint density at radius 1 is 1.05 bits per heavy atom. The number of fused-ring (bicyclic) bond motifs is 1. The van der Waals surface area contributed by atoms with E-state index >= 15 is 0 Å². The number of Topliss-reactive ketones (excluding diaryl/α,β-unsaturated/α-hetero) is 1. The van der Waals surface area contributed by atoms with Crippen molar-refractivity contribution in [2.75, 3.05) is 0 Å². The van der Waals surface area contributed by atoms with Crippen LogP contribution in [0.2, 0.25) is 0 Å². The summed E-state index contributed by atoms with van der Waals surface area (Å²) in [6, 6.07) is 14.6. The number of benzene rings is 2. The molecule has 0 N–H and O–H groups in total. The number of ketones is 1. The highest BCUT2D eigenvalue weighted by atomic mass is 16.1. The van der Waals surface area contributed by atoms with E-state index < -0.39 is 0 Å². The molecule has 0 heterocycles. The van der Waals surface area contributed by atoms with Crippen molar-refractivity contribution in [3.63, 3.8) is 0 Å². The predicted octanol–water partition coefficient (Wildman–Crippen LogP) is 5.17. The van der Waals surface area contributed by atoms with Gasteiger partial charge in [-0.1, -0.05) is 69.2 Å². The van der Waals surface area contributed by atoms with E-state index in [1.165, 1.54) is 16.3 Å². The molecule has 0 saturated heterocycles. The summed E-state index contributed by atoms with van der Waals surface area (Å²) in [6.07, 6.45) is 4.89. The Labute approximate surface area is 122 Å². The second-order valence-electron chi connectivity index (χ2n) is 5.53. The van der Waals surface area contributed by atoms with E-state index in [-0.39, 0.29) is 5.92 Å². The monoisotopic (exact) mass is 268 g/mol. The summed E-state index contributed by atoms with van der Waals surface area (Å²) in [5, 5.41) is 2.44. The minimum Gasteiger partial charge on any atom is -0.299 e. The highest BCUT2D eigenvalue weighted by Crippen LogP contribution is 2.22. The lowest BCUT2D eigenvalue weighted by atomic mass is 9.90. The Bertz CT molecular complexity index is 565. The van der Waals surface area contributed by atoms with Crippen LogP contribution < -0.4 is 0 Å². The highest BCUT2D eigenvalue weighted by molar-refractivity contribution is 5.91. The maximum absolute atomic E-state index is 12.5. The normalized spacial score (nSPS) is 12.5. The molecule has 1 atom stereocenters. The topological polar surface area (TPSA) is 17.1 Å². The Morgan fingerprint density at radius 3 is 2.55 bits per heavy atom. The van der Waals surface area contributed by atoms with Crippen LogP contribution in [-0.2, 0) is 11.2 Å². The molecule has 0 aromatic heterocycles. The van der Waals surface area contributed by atoms with Gasteiger partial charge in [-0.25, -0.2) is 0 Å². The Balaban J connectivity index is 2.17. The Hall–Kier alpha value is -1.63. The van der Waals surface area contributed by atoms with Gasteiger partial charge in [0.05, 0.1) is 0 Å². The smallest absolute Gasteiger partial charge is 0.140 e. The van der Waals surface area contributed by atoms with Crippen molar-refractivity contribution in [1.82, 2.24) is 0 Å². The molecule has 0 radical (unpaired) electrons.